The zero-order valence-corrected chi connectivity index (χ0v) is 13.4. The van der Waals surface area contributed by atoms with Crippen molar-refractivity contribution < 1.29 is 4.79 Å². The number of rotatable bonds is 6. The molecule has 5 heteroatoms. The Morgan fingerprint density at radius 2 is 2.17 bits per heavy atom. The first kappa shape index (κ1) is 15.3. The van der Waals surface area contributed by atoms with E-state index >= 15 is 0 Å². The van der Waals surface area contributed by atoms with E-state index in [2.05, 4.69) is 44.8 Å². The molecule has 1 aliphatic heterocycles. The second kappa shape index (κ2) is 7.13. The molecule has 0 bridgehead atoms. The predicted octanol–water partition coefficient (Wildman–Crippen LogP) is 2.31. The molecule has 0 aliphatic carbocycles. The third-order valence-electron chi connectivity index (χ3n) is 4.15. The second-order valence-electron chi connectivity index (χ2n) is 5.65. The van der Waals surface area contributed by atoms with E-state index in [1.54, 1.807) is 25.4 Å². The third kappa shape index (κ3) is 3.62. The highest BCUT2D eigenvalue weighted by atomic mass is 16.1. The molecule has 1 amide bonds. The average Bonchev–Trinajstić information content (AvgIpc) is 3.02. The summed E-state index contributed by atoms with van der Waals surface area (Å²) in [6.45, 7) is 2.72. The minimum absolute atomic E-state index is 0.0503. The molecule has 5 nitrogen and oxygen atoms in total. The normalized spacial score (nSPS) is 12.8. The Labute approximate surface area is 136 Å². The van der Waals surface area contributed by atoms with Crippen LogP contribution in [-0.4, -0.2) is 37.6 Å². The van der Waals surface area contributed by atoms with Crippen LogP contribution in [0.25, 0.3) is 0 Å². The van der Waals surface area contributed by atoms with Gasteiger partial charge < -0.3 is 15.5 Å². The molecule has 2 heterocycles. The zero-order valence-electron chi connectivity index (χ0n) is 13.4. The van der Waals surface area contributed by atoms with Crippen molar-refractivity contribution in [3.8, 4) is 0 Å². The summed E-state index contributed by atoms with van der Waals surface area (Å²) >= 11 is 0. The highest BCUT2D eigenvalue weighted by molar-refractivity contribution is 5.94. The molecule has 23 heavy (non-hydrogen) atoms. The SMILES string of the molecule is CNc1cc(C(=O)NCCCN2CCc3ccccc32)ccn1. The molecule has 1 aromatic carbocycles. The lowest BCUT2D eigenvalue weighted by Crippen LogP contribution is -2.29. The van der Waals surface area contributed by atoms with Gasteiger partial charge in [-0.15, -0.1) is 0 Å². The highest BCUT2D eigenvalue weighted by Gasteiger charge is 2.17. The van der Waals surface area contributed by atoms with Crippen LogP contribution in [-0.2, 0) is 6.42 Å². The number of pyridine rings is 1. The average molecular weight is 310 g/mol. The van der Waals surface area contributed by atoms with E-state index in [4.69, 9.17) is 0 Å². The van der Waals surface area contributed by atoms with E-state index in [9.17, 15) is 4.79 Å². The molecule has 0 radical (unpaired) electrons. The molecule has 0 saturated heterocycles. The molecule has 2 aromatic rings. The maximum absolute atomic E-state index is 12.1. The minimum atomic E-state index is -0.0503. The Bertz CT molecular complexity index is 686. The summed E-state index contributed by atoms with van der Waals surface area (Å²) < 4.78 is 0. The van der Waals surface area contributed by atoms with Crippen molar-refractivity contribution in [2.24, 2.45) is 0 Å². The number of carbonyl (C=O) groups is 1. The van der Waals surface area contributed by atoms with E-state index in [1.165, 1.54) is 11.3 Å². The maximum Gasteiger partial charge on any atom is 0.251 e. The van der Waals surface area contributed by atoms with Crippen molar-refractivity contribution in [3.05, 3.63) is 53.7 Å². The lowest BCUT2D eigenvalue weighted by molar-refractivity contribution is 0.0953. The van der Waals surface area contributed by atoms with Gasteiger partial charge in [-0.2, -0.15) is 0 Å². The highest BCUT2D eigenvalue weighted by Crippen LogP contribution is 2.27. The quantitative estimate of drug-likeness (QED) is 0.804. The van der Waals surface area contributed by atoms with Gasteiger partial charge in [-0.05, 0) is 36.6 Å². The van der Waals surface area contributed by atoms with Gasteiger partial charge in [0, 0.05) is 44.1 Å². The van der Waals surface area contributed by atoms with Gasteiger partial charge in [-0.3, -0.25) is 4.79 Å². The summed E-state index contributed by atoms with van der Waals surface area (Å²) in [5.74, 6) is 0.650. The zero-order chi connectivity index (χ0) is 16.1. The summed E-state index contributed by atoms with van der Waals surface area (Å²) in [6, 6.07) is 12.0. The van der Waals surface area contributed by atoms with Crippen LogP contribution in [0.4, 0.5) is 11.5 Å². The van der Waals surface area contributed by atoms with Crippen LogP contribution in [0, 0.1) is 0 Å². The Balaban J connectivity index is 1.46. The van der Waals surface area contributed by atoms with Gasteiger partial charge in [0.25, 0.3) is 5.91 Å². The number of para-hydroxylation sites is 1. The number of nitrogens with one attached hydrogen (secondary N) is 2. The number of nitrogens with zero attached hydrogens (tertiary/aromatic N) is 2. The second-order valence-corrected chi connectivity index (χ2v) is 5.65. The first-order valence-electron chi connectivity index (χ1n) is 8.03. The molecule has 1 aliphatic rings. The lowest BCUT2D eigenvalue weighted by atomic mass is 10.2. The largest absolute Gasteiger partial charge is 0.373 e. The van der Waals surface area contributed by atoms with E-state index in [1.807, 2.05) is 0 Å². The molecule has 0 fully saturated rings. The van der Waals surface area contributed by atoms with Gasteiger partial charge >= 0.3 is 0 Å². The van der Waals surface area contributed by atoms with Crippen LogP contribution in [0.3, 0.4) is 0 Å². The number of aromatic nitrogens is 1. The van der Waals surface area contributed by atoms with E-state index in [-0.39, 0.29) is 5.91 Å². The molecule has 120 valence electrons. The third-order valence-corrected chi connectivity index (χ3v) is 4.15. The molecule has 0 saturated carbocycles. The summed E-state index contributed by atoms with van der Waals surface area (Å²) in [6.07, 6.45) is 3.69. The number of hydrogen-bond donors (Lipinski definition) is 2. The number of amides is 1. The summed E-state index contributed by atoms with van der Waals surface area (Å²) in [5.41, 5.74) is 3.40. The van der Waals surface area contributed by atoms with E-state index in [0.29, 0.717) is 17.9 Å². The van der Waals surface area contributed by atoms with Crippen molar-refractivity contribution in [3.63, 3.8) is 0 Å². The monoisotopic (exact) mass is 310 g/mol. The van der Waals surface area contributed by atoms with Gasteiger partial charge in [0.1, 0.15) is 5.82 Å². The van der Waals surface area contributed by atoms with Gasteiger partial charge in [-0.1, -0.05) is 18.2 Å². The van der Waals surface area contributed by atoms with Gasteiger partial charge in [-0.25, -0.2) is 4.98 Å². The summed E-state index contributed by atoms with van der Waals surface area (Å²) in [5, 5.41) is 5.92. The van der Waals surface area contributed by atoms with Crippen LogP contribution in [0.1, 0.15) is 22.3 Å². The first-order chi connectivity index (χ1) is 11.3. The molecule has 2 N–H and O–H groups in total. The number of benzene rings is 1. The molecular formula is C18H22N4O. The molecule has 0 atom stereocenters. The smallest absolute Gasteiger partial charge is 0.251 e. The van der Waals surface area contributed by atoms with E-state index in [0.717, 1.165) is 25.9 Å². The van der Waals surface area contributed by atoms with Gasteiger partial charge in [0.05, 0.1) is 0 Å². The molecule has 0 unspecified atom stereocenters. The topological polar surface area (TPSA) is 57.3 Å². The Kier molecular flexibility index (Phi) is 4.76. The fourth-order valence-corrected chi connectivity index (χ4v) is 2.92. The Morgan fingerprint density at radius 1 is 1.30 bits per heavy atom. The molecule has 3 rings (SSSR count). The van der Waals surface area contributed by atoms with E-state index < -0.39 is 0 Å². The maximum atomic E-state index is 12.1. The number of fused-ring (bicyclic) bond motifs is 1. The minimum Gasteiger partial charge on any atom is -0.373 e. The van der Waals surface area contributed by atoms with Crippen molar-refractivity contribution >= 4 is 17.4 Å². The molecule has 0 spiro atoms. The predicted molar refractivity (Wildman–Crippen MR) is 93.1 cm³/mol. The van der Waals surface area contributed by atoms with Crippen LogP contribution in [0.5, 0.6) is 0 Å². The van der Waals surface area contributed by atoms with Crippen molar-refractivity contribution in [2.45, 2.75) is 12.8 Å². The number of carbonyl (C=O) groups excluding carboxylic acids is 1. The Morgan fingerprint density at radius 3 is 3.04 bits per heavy atom. The molecule has 1 aromatic heterocycles. The van der Waals surface area contributed by atoms with Crippen LogP contribution >= 0.6 is 0 Å². The van der Waals surface area contributed by atoms with Gasteiger partial charge in [0.2, 0.25) is 0 Å². The van der Waals surface area contributed by atoms with Gasteiger partial charge in [0.15, 0.2) is 0 Å². The van der Waals surface area contributed by atoms with Crippen molar-refractivity contribution in [1.29, 1.82) is 0 Å². The van der Waals surface area contributed by atoms with Crippen LogP contribution < -0.4 is 15.5 Å². The summed E-state index contributed by atoms with van der Waals surface area (Å²) in [4.78, 5) is 18.6. The Hall–Kier alpha value is -2.56. The standard InChI is InChI=1S/C18H22N4O/c1-19-17-13-15(7-10-20-17)18(23)21-9-4-11-22-12-8-14-5-2-3-6-16(14)22/h2-3,5-7,10,13H,4,8-9,11-12H2,1H3,(H,19,20)(H,21,23). The summed E-state index contributed by atoms with van der Waals surface area (Å²) in [7, 11) is 1.79. The fourth-order valence-electron chi connectivity index (χ4n) is 2.92. The first-order valence-corrected chi connectivity index (χ1v) is 8.03. The lowest BCUT2D eigenvalue weighted by Gasteiger charge is -2.19. The van der Waals surface area contributed by atoms with Crippen LogP contribution in [0.15, 0.2) is 42.6 Å². The van der Waals surface area contributed by atoms with Crippen molar-refractivity contribution in [1.82, 2.24) is 10.3 Å². The van der Waals surface area contributed by atoms with Crippen molar-refractivity contribution in [2.75, 3.05) is 36.9 Å². The number of anilines is 2. The molecular weight excluding hydrogens is 288 g/mol. The van der Waals surface area contributed by atoms with Crippen LogP contribution in [0.2, 0.25) is 0 Å². The number of hydrogen-bond acceptors (Lipinski definition) is 4. The fraction of sp³-hybridized carbons (Fsp3) is 0.333.